The van der Waals surface area contributed by atoms with E-state index in [1.54, 1.807) is 12.1 Å². The number of hydrogen-bond acceptors (Lipinski definition) is 9. The Labute approximate surface area is 270 Å². The largest absolute Gasteiger partial charge is 0.488 e. The summed E-state index contributed by atoms with van der Waals surface area (Å²) in [6.07, 6.45) is 2.73. The van der Waals surface area contributed by atoms with Gasteiger partial charge in [-0.05, 0) is 60.4 Å². The molecule has 3 aromatic carbocycles. The molecule has 46 heavy (non-hydrogen) atoms. The number of halogens is 1. The van der Waals surface area contributed by atoms with Gasteiger partial charge >= 0.3 is 11.9 Å². The molecule has 0 spiro atoms. The van der Waals surface area contributed by atoms with Crippen LogP contribution in [0, 0.1) is 6.92 Å². The minimum Gasteiger partial charge on any atom is -0.488 e. The molecule has 0 fully saturated rings. The first kappa shape index (κ1) is 32.6. The first-order chi connectivity index (χ1) is 22.1. The molecule has 5 rings (SSSR count). The summed E-state index contributed by atoms with van der Waals surface area (Å²) in [6.45, 7) is 3.88. The molecule has 1 unspecified atom stereocenters. The summed E-state index contributed by atoms with van der Waals surface area (Å²) in [5, 5.41) is 31.7. The van der Waals surface area contributed by atoms with Crippen molar-refractivity contribution in [3.63, 3.8) is 0 Å². The van der Waals surface area contributed by atoms with Gasteiger partial charge in [0.15, 0.2) is 11.5 Å². The number of aromatic carboxylic acids is 1. The van der Waals surface area contributed by atoms with Crippen molar-refractivity contribution in [2.24, 2.45) is 0 Å². The number of pyridine rings is 1. The zero-order chi connectivity index (χ0) is 32.8. The molecule has 12 heteroatoms. The Kier molecular flexibility index (Phi) is 9.96. The Balaban J connectivity index is 1.39. The third kappa shape index (κ3) is 7.34. The Morgan fingerprint density at radius 1 is 0.957 bits per heavy atom. The lowest BCUT2D eigenvalue weighted by Crippen LogP contribution is -2.52. The lowest BCUT2D eigenvalue weighted by Gasteiger charge is -2.25. The molecule has 0 saturated heterocycles. The molecule has 0 radical (unpaired) electrons. The average Bonchev–Trinajstić information content (AvgIpc) is 3.06. The van der Waals surface area contributed by atoms with Crippen LogP contribution in [0.25, 0.3) is 11.1 Å². The highest BCUT2D eigenvalue weighted by molar-refractivity contribution is 6.32. The molecular formula is C34H33ClN2O9. The molecule has 4 N–H and O–H groups in total. The number of ether oxygens (including phenoxy) is 4. The maximum absolute atomic E-state index is 11.7. The molecule has 0 saturated carbocycles. The van der Waals surface area contributed by atoms with Gasteiger partial charge in [0.1, 0.15) is 43.5 Å². The fourth-order valence-corrected chi connectivity index (χ4v) is 5.05. The topological polar surface area (TPSA) is 157 Å². The summed E-state index contributed by atoms with van der Waals surface area (Å²) < 4.78 is 23.7. The average molecular weight is 649 g/mol. The highest BCUT2D eigenvalue weighted by Crippen LogP contribution is 2.37. The van der Waals surface area contributed by atoms with Crippen LogP contribution in [0.2, 0.25) is 5.02 Å². The van der Waals surface area contributed by atoms with Crippen molar-refractivity contribution in [3.05, 3.63) is 99.8 Å². The van der Waals surface area contributed by atoms with Crippen molar-refractivity contribution in [1.29, 1.82) is 0 Å². The van der Waals surface area contributed by atoms with Gasteiger partial charge < -0.3 is 34.3 Å². The summed E-state index contributed by atoms with van der Waals surface area (Å²) in [5.74, 6) is -0.286. The number of rotatable bonds is 13. The standard InChI is InChI=1S/C34H33ClN2O9/c1-20-23(4-3-5-26(20)22-6-7-28-31(12-22)44-9-8-43-28)18-46-30-13-29(45-17-21-10-25(32(39)40)15-36-14-21)24(11-27(30)35)16-37-34(2,19-38)33(41)42/h3-7,10-15,37-38H,8-9,16-19H2,1-2H3,(H,39,40)(H,41,42). The second-order valence-corrected chi connectivity index (χ2v) is 11.4. The van der Waals surface area contributed by atoms with Crippen LogP contribution in [0.5, 0.6) is 23.0 Å². The van der Waals surface area contributed by atoms with Crippen LogP contribution in [0.1, 0.15) is 39.5 Å². The SMILES string of the molecule is Cc1c(COc2cc(OCc3cncc(C(=O)O)c3)c(CNC(C)(CO)C(=O)O)cc2Cl)cccc1-c1ccc2c(c1)OCCO2. The molecule has 1 aromatic heterocycles. The molecule has 0 aliphatic carbocycles. The molecule has 1 aliphatic heterocycles. The number of carbonyl (C=O) groups is 2. The van der Waals surface area contributed by atoms with Crippen LogP contribution in [-0.2, 0) is 24.6 Å². The van der Waals surface area contributed by atoms with Gasteiger partial charge in [-0.3, -0.25) is 15.1 Å². The summed E-state index contributed by atoms with van der Waals surface area (Å²) in [4.78, 5) is 27.1. The molecule has 4 aromatic rings. The zero-order valence-corrected chi connectivity index (χ0v) is 26.0. The van der Waals surface area contributed by atoms with Crippen LogP contribution in [0.4, 0.5) is 0 Å². The van der Waals surface area contributed by atoms with Gasteiger partial charge in [-0.15, -0.1) is 0 Å². The maximum atomic E-state index is 11.7. The Bertz CT molecular complexity index is 1760. The van der Waals surface area contributed by atoms with Gasteiger partial charge in [-0.2, -0.15) is 0 Å². The van der Waals surface area contributed by atoms with E-state index in [0.717, 1.165) is 22.3 Å². The molecule has 1 atom stereocenters. The van der Waals surface area contributed by atoms with Crippen molar-refractivity contribution in [2.45, 2.75) is 39.1 Å². The number of aliphatic hydroxyl groups is 1. The second-order valence-electron chi connectivity index (χ2n) is 11.0. The van der Waals surface area contributed by atoms with E-state index in [0.29, 0.717) is 47.3 Å². The highest BCUT2D eigenvalue weighted by atomic mass is 35.5. The number of benzene rings is 3. The van der Waals surface area contributed by atoms with E-state index in [-0.39, 0.29) is 30.3 Å². The number of aromatic nitrogens is 1. The number of aliphatic carboxylic acids is 1. The van der Waals surface area contributed by atoms with Gasteiger partial charge in [0.25, 0.3) is 0 Å². The van der Waals surface area contributed by atoms with Crippen molar-refractivity contribution in [3.8, 4) is 34.1 Å². The predicted molar refractivity (Wildman–Crippen MR) is 169 cm³/mol. The maximum Gasteiger partial charge on any atom is 0.337 e. The van der Waals surface area contributed by atoms with Gasteiger partial charge in [0.2, 0.25) is 0 Å². The van der Waals surface area contributed by atoms with Crippen LogP contribution < -0.4 is 24.3 Å². The smallest absolute Gasteiger partial charge is 0.337 e. The van der Waals surface area contributed by atoms with Crippen LogP contribution >= 0.6 is 11.6 Å². The number of aliphatic hydroxyl groups excluding tert-OH is 1. The van der Waals surface area contributed by atoms with E-state index in [1.165, 1.54) is 25.4 Å². The monoisotopic (exact) mass is 648 g/mol. The van der Waals surface area contributed by atoms with E-state index in [1.807, 2.05) is 43.3 Å². The minimum absolute atomic E-state index is 0.0111. The molecular weight excluding hydrogens is 616 g/mol. The van der Waals surface area contributed by atoms with Gasteiger partial charge in [0.05, 0.1) is 17.2 Å². The number of nitrogens with one attached hydrogen (secondary N) is 1. The van der Waals surface area contributed by atoms with Crippen molar-refractivity contribution in [1.82, 2.24) is 10.3 Å². The number of hydrogen-bond donors (Lipinski definition) is 4. The minimum atomic E-state index is -1.61. The summed E-state index contributed by atoms with van der Waals surface area (Å²) in [6, 6.07) is 16.4. The third-order valence-electron chi connectivity index (χ3n) is 7.69. The van der Waals surface area contributed by atoms with Crippen LogP contribution in [-0.4, -0.2) is 57.6 Å². The number of fused-ring (bicyclic) bond motifs is 1. The van der Waals surface area contributed by atoms with Gasteiger partial charge in [0, 0.05) is 36.1 Å². The summed E-state index contributed by atoms with van der Waals surface area (Å²) in [7, 11) is 0. The van der Waals surface area contributed by atoms with Gasteiger partial charge in [-0.1, -0.05) is 35.9 Å². The Morgan fingerprint density at radius 2 is 1.72 bits per heavy atom. The first-order valence-corrected chi connectivity index (χ1v) is 14.8. The molecule has 0 amide bonds. The summed E-state index contributed by atoms with van der Waals surface area (Å²) in [5.41, 5.74) is 3.33. The van der Waals surface area contributed by atoms with Gasteiger partial charge in [-0.25, -0.2) is 4.79 Å². The fraction of sp³-hybridized carbons (Fsp3) is 0.265. The predicted octanol–water partition coefficient (Wildman–Crippen LogP) is 5.26. The molecule has 2 heterocycles. The normalized spacial score (nSPS) is 13.5. The Morgan fingerprint density at radius 3 is 2.46 bits per heavy atom. The summed E-state index contributed by atoms with van der Waals surface area (Å²) >= 11 is 6.65. The third-order valence-corrected chi connectivity index (χ3v) is 7.99. The zero-order valence-electron chi connectivity index (χ0n) is 25.2. The highest BCUT2D eigenvalue weighted by Gasteiger charge is 2.32. The second kappa shape index (κ2) is 14.1. The molecule has 1 aliphatic rings. The molecule has 0 bridgehead atoms. The lowest BCUT2D eigenvalue weighted by molar-refractivity contribution is -0.145. The van der Waals surface area contributed by atoms with Crippen molar-refractivity contribution in [2.75, 3.05) is 19.8 Å². The van der Waals surface area contributed by atoms with E-state index in [9.17, 15) is 24.9 Å². The van der Waals surface area contributed by atoms with Crippen molar-refractivity contribution >= 4 is 23.5 Å². The van der Waals surface area contributed by atoms with Crippen molar-refractivity contribution < 1.29 is 43.9 Å². The number of nitrogens with zero attached hydrogens (tertiary/aromatic N) is 1. The van der Waals surface area contributed by atoms with Crippen LogP contribution in [0.15, 0.2) is 67.0 Å². The van der Waals surface area contributed by atoms with E-state index in [2.05, 4.69) is 10.3 Å². The lowest BCUT2D eigenvalue weighted by atomic mass is 9.96. The van der Waals surface area contributed by atoms with E-state index >= 15 is 0 Å². The Hall–Kier alpha value is -4.84. The first-order valence-electron chi connectivity index (χ1n) is 14.4. The van der Waals surface area contributed by atoms with E-state index < -0.39 is 24.1 Å². The molecule has 240 valence electrons. The van der Waals surface area contributed by atoms with Crippen LogP contribution in [0.3, 0.4) is 0 Å². The number of carboxylic acid groups (broad SMARTS) is 2. The number of carboxylic acids is 2. The fourth-order valence-electron chi connectivity index (χ4n) is 4.81. The van der Waals surface area contributed by atoms with E-state index in [4.69, 9.17) is 30.5 Å². The molecule has 11 nitrogen and oxygen atoms in total. The quantitative estimate of drug-likeness (QED) is 0.150.